The fourth-order valence-electron chi connectivity index (χ4n) is 2.94. The Morgan fingerprint density at radius 3 is 2.25 bits per heavy atom. The lowest BCUT2D eigenvalue weighted by molar-refractivity contribution is 0.0696. The summed E-state index contributed by atoms with van der Waals surface area (Å²) in [5.74, 6) is 1.23. The van der Waals surface area contributed by atoms with E-state index in [0.29, 0.717) is 56.5 Å². The Labute approximate surface area is 142 Å². The van der Waals surface area contributed by atoms with Gasteiger partial charge in [0.15, 0.2) is 11.5 Å². The highest BCUT2D eigenvalue weighted by Crippen LogP contribution is 2.33. The molecular weight excluding hydrogens is 332 g/mol. The molecule has 1 fully saturated rings. The molecule has 132 valence electrons. The number of hydrogen-bond donors (Lipinski definition) is 0. The molecule has 1 aromatic carbocycles. The van der Waals surface area contributed by atoms with Gasteiger partial charge in [-0.15, -0.1) is 0 Å². The van der Waals surface area contributed by atoms with Crippen molar-refractivity contribution in [3.05, 3.63) is 23.3 Å². The second-order valence-corrected chi connectivity index (χ2v) is 8.16. The van der Waals surface area contributed by atoms with Crippen LogP contribution in [0.1, 0.15) is 22.8 Å². The van der Waals surface area contributed by atoms with Crippen LogP contribution in [0.25, 0.3) is 0 Å². The molecule has 7 nitrogen and oxygen atoms in total. The summed E-state index contributed by atoms with van der Waals surface area (Å²) < 4.78 is 36.3. The molecule has 8 heteroatoms. The lowest BCUT2D eigenvalue weighted by atomic mass is 10.1. The number of fused-ring (bicyclic) bond motifs is 1. The van der Waals surface area contributed by atoms with Gasteiger partial charge in [0, 0.05) is 31.7 Å². The molecule has 2 heterocycles. The normalized spacial score (nSPS) is 18.5. The molecule has 0 bridgehead atoms. The second-order valence-electron chi connectivity index (χ2n) is 5.90. The molecule has 24 heavy (non-hydrogen) atoms. The van der Waals surface area contributed by atoms with Gasteiger partial charge in [0.25, 0.3) is 5.91 Å². The number of amides is 1. The quantitative estimate of drug-likeness (QED) is 0.805. The second kappa shape index (κ2) is 6.60. The highest BCUT2D eigenvalue weighted by molar-refractivity contribution is 7.89. The van der Waals surface area contributed by atoms with Gasteiger partial charge in [-0.3, -0.25) is 4.79 Å². The summed E-state index contributed by atoms with van der Waals surface area (Å²) in [6.45, 7) is 5.94. The van der Waals surface area contributed by atoms with Gasteiger partial charge >= 0.3 is 0 Å². The van der Waals surface area contributed by atoms with Crippen molar-refractivity contribution in [2.24, 2.45) is 0 Å². The van der Waals surface area contributed by atoms with Crippen molar-refractivity contribution in [3.8, 4) is 11.5 Å². The number of benzene rings is 1. The van der Waals surface area contributed by atoms with Crippen molar-refractivity contribution in [1.29, 1.82) is 0 Å². The van der Waals surface area contributed by atoms with Gasteiger partial charge in [-0.1, -0.05) is 0 Å². The van der Waals surface area contributed by atoms with Gasteiger partial charge in [-0.05, 0) is 31.5 Å². The Kier molecular flexibility index (Phi) is 4.69. The van der Waals surface area contributed by atoms with Crippen LogP contribution < -0.4 is 9.47 Å². The molecule has 1 aromatic rings. The van der Waals surface area contributed by atoms with Gasteiger partial charge in [0.05, 0.1) is 5.75 Å². The van der Waals surface area contributed by atoms with Crippen LogP contribution in [0, 0.1) is 6.92 Å². The van der Waals surface area contributed by atoms with Crippen molar-refractivity contribution in [2.75, 3.05) is 45.1 Å². The van der Waals surface area contributed by atoms with Crippen molar-refractivity contribution in [1.82, 2.24) is 9.21 Å². The van der Waals surface area contributed by atoms with E-state index in [1.807, 2.05) is 13.0 Å². The van der Waals surface area contributed by atoms with Crippen molar-refractivity contribution < 1.29 is 22.7 Å². The number of sulfonamides is 1. The summed E-state index contributed by atoms with van der Waals surface area (Å²) in [6.07, 6.45) is 0. The van der Waals surface area contributed by atoms with E-state index in [-0.39, 0.29) is 11.7 Å². The van der Waals surface area contributed by atoms with Crippen molar-refractivity contribution in [3.63, 3.8) is 0 Å². The minimum absolute atomic E-state index is 0.0855. The fourth-order valence-corrected chi connectivity index (χ4v) is 4.03. The van der Waals surface area contributed by atoms with E-state index < -0.39 is 10.0 Å². The first kappa shape index (κ1) is 17.0. The van der Waals surface area contributed by atoms with Crippen LogP contribution in [-0.2, 0) is 10.0 Å². The number of ether oxygens (including phenoxy) is 2. The van der Waals surface area contributed by atoms with Crippen LogP contribution in [-0.4, -0.2) is 68.7 Å². The van der Waals surface area contributed by atoms with E-state index in [1.165, 1.54) is 4.31 Å². The fraction of sp³-hybridized carbons (Fsp3) is 0.562. The summed E-state index contributed by atoms with van der Waals surface area (Å²) >= 11 is 0. The first-order valence-electron chi connectivity index (χ1n) is 8.09. The maximum absolute atomic E-state index is 12.8. The third-order valence-corrected chi connectivity index (χ3v) is 6.29. The predicted molar refractivity (Wildman–Crippen MR) is 89.1 cm³/mol. The van der Waals surface area contributed by atoms with Gasteiger partial charge in [-0.2, -0.15) is 4.31 Å². The van der Waals surface area contributed by atoms with Crippen LogP contribution in [0.2, 0.25) is 0 Å². The SMILES string of the molecule is CCS(=O)(=O)N1CCN(C(=O)c2cc3c(cc2C)OCCO3)CC1. The summed E-state index contributed by atoms with van der Waals surface area (Å²) in [5.41, 5.74) is 1.40. The number of hydrogen-bond acceptors (Lipinski definition) is 5. The van der Waals surface area contributed by atoms with E-state index in [1.54, 1.807) is 17.9 Å². The van der Waals surface area contributed by atoms with Crippen LogP contribution in [0.4, 0.5) is 0 Å². The number of carbonyl (C=O) groups is 1. The van der Waals surface area contributed by atoms with Crippen molar-refractivity contribution in [2.45, 2.75) is 13.8 Å². The Hall–Kier alpha value is -1.80. The molecule has 0 aliphatic carbocycles. The Balaban J connectivity index is 1.74. The van der Waals surface area contributed by atoms with Crippen LogP contribution >= 0.6 is 0 Å². The van der Waals surface area contributed by atoms with Gasteiger partial charge < -0.3 is 14.4 Å². The van der Waals surface area contributed by atoms with Crippen LogP contribution in [0.15, 0.2) is 12.1 Å². The maximum Gasteiger partial charge on any atom is 0.254 e. The number of carbonyl (C=O) groups excluding carboxylic acids is 1. The van der Waals surface area contributed by atoms with Gasteiger partial charge in [0.1, 0.15) is 13.2 Å². The largest absolute Gasteiger partial charge is 0.486 e. The molecule has 1 saturated heterocycles. The number of nitrogens with zero attached hydrogens (tertiary/aromatic N) is 2. The number of rotatable bonds is 3. The Morgan fingerprint density at radius 2 is 1.67 bits per heavy atom. The molecule has 3 rings (SSSR count). The molecule has 0 unspecified atom stereocenters. The van der Waals surface area contributed by atoms with Crippen LogP contribution in [0.5, 0.6) is 11.5 Å². The zero-order valence-electron chi connectivity index (χ0n) is 13.9. The lowest BCUT2D eigenvalue weighted by Crippen LogP contribution is -2.51. The minimum Gasteiger partial charge on any atom is -0.486 e. The predicted octanol–water partition coefficient (Wildman–Crippen LogP) is 0.874. The zero-order chi connectivity index (χ0) is 17.3. The number of piperazine rings is 1. The molecule has 1 amide bonds. The van der Waals surface area contributed by atoms with E-state index in [9.17, 15) is 13.2 Å². The van der Waals surface area contributed by atoms with Gasteiger partial charge in [0.2, 0.25) is 10.0 Å². The molecule has 2 aliphatic heterocycles. The van der Waals surface area contributed by atoms with Crippen molar-refractivity contribution >= 4 is 15.9 Å². The topological polar surface area (TPSA) is 76.2 Å². The zero-order valence-corrected chi connectivity index (χ0v) is 14.8. The molecular formula is C16H22N2O5S. The third kappa shape index (κ3) is 3.21. The molecule has 2 aliphatic rings. The molecule has 0 atom stereocenters. The van der Waals surface area contributed by atoms with E-state index in [0.717, 1.165) is 5.56 Å². The Bertz CT molecular complexity index is 739. The van der Waals surface area contributed by atoms with Gasteiger partial charge in [-0.25, -0.2) is 8.42 Å². The highest BCUT2D eigenvalue weighted by Gasteiger charge is 2.29. The van der Waals surface area contributed by atoms with E-state index >= 15 is 0 Å². The summed E-state index contributed by atoms with van der Waals surface area (Å²) in [6, 6.07) is 3.54. The first-order chi connectivity index (χ1) is 11.4. The highest BCUT2D eigenvalue weighted by atomic mass is 32.2. The average Bonchev–Trinajstić information content (AvgIpc) is 2.60. The first-order valence-corrected chi connectivity index (χ1v) is 9.70. The van der Waals surface area contributed by atoms with E-state index in [2.05, 4.69) is 0 Å². The number of aryl methyl sites for hydroxylation is 1. The lowest BCUT2D eigenvalue weighted by Gasteiger charge is -2.34. The minimum atomic E-state index is -3.20. The monoisotopic (exact) mass is 354 g/mol. The summed E-state index contributed by atoms with van der Waals surface area (Å²) in [7, 11) is -3.20. The molecule has 0 spiro atoms. The Morgan fingerprint density at radius 1 is 1.08 bits per heavy atom. The molecule has 0 aromatic heterocycles. The third-order valence-electron chi connectivity index (χ3n) is 4.40. The molecule has 0 saturated carbocycles. The standard InChI is InChI=1S/C16H22N2O5S/c1-3-24(20,21)18-6-4-17(5-7-18)16(19)13-11-15-14(10-12(13)2)22-8-9-23-15/h10-11H,3-9H2,1-2H3. The summed E-state index contributed by atoms with van der Waals surface area (Å²) in [5, 5.41) is 0. The molecule has 0 radical (unpaired) electrons. The van der Waals surface area contributed by atoms with E-state index in [4.69, 9.17) is 9.47 Å². The maximum atomic E-state index is 12.8. The summed E-state index contributed by atoms with van der Waals surface area (Å²) in [4.78, 5) is 14.5. The van der Waals surface area contributed by atoms with Crippen LogP contribution in [0.3, 0.4) is 0 Å². The smallest absolute Gasteiger partial charge is 0.254 e. The molecule has 0 N–H and O–H groups in total. The average molecular weight is 354 g/mol.